The Morgan fingerprint density at radius 3 is 2.71 bits per heavy atom. The summed E-state index contributed by atoms with van der Waals surface area (Å²) in [4.78, 5) is 11.1. The zero-order valence-corrected chi connectivity index (χ0v) is 10.6. The zero-order chi connectivity index (χ0) is 12.3. The molecule has 0 aliphatic heterocycles. The maximum atomic E-state index is 11.4. The maximum absolute atomic E-state index is 11.4. The Bertz CT molecular complexity index is 510. The van der Waals surface area contributed by atoms with Crippen molar-refractivity contribution in [3.8, 4) is 11.5 Å². The van der Waals surface area contributed by atoms with E-state index in [1.807, 2.05) is 30.3 Å². The smallest absolute Gasteiger partial charge is 0.322 e. The minimum atomic E-state index is -0.311. The molecule has 5 nitrogen and oxygen atoms in total. The second-order valence-corrected chi connectivity index (χ2v) is 4.76. The molecule has 1 heterocycles. The number of hydrogen-bond acceptors (Lipinski definition) is 4. The second kappa shape index (κ2) is 5.09. The third kappa shape index (κ3) is 2.91. The van der Waals surface area contributed by atoms with Crippen molar-refractivity contribution in [1.29, 1.82) is 0 Å². The maximum Gasteiger partial charge on any atom is 0.322 e. The van der Waals surface area contributed by atoms with Gasteiger partial charge >= 0.3 is 6.01 Å². The molecule has 1 atom stereocenters. The summed E-state index contributed by atoms with van der Waals surface area (Å²) in [7, 11) is 0. The number of hydrogen-bond donors (Lipinski definition) is 1. The van der Waals surface area contributed by atoms with Crippen LogP contribution in [0.1, 0.15) is 6.92 Å². The molecule has 1 aromatic heterocycles. The predicted octanol–water partition coefficient (Wildman–Crippen LogP) is 2.46. The van der Waals surface area contributed by atoms with Crippen molar-refractivity contribution in [2.24, 2.45) is 0 Å². The lowest BCUT2D eigenvalue weighted by atomic mass is 10.2. The normalized spacial score (nSPS) is 12.1. The number of alkyl halides is 1. The Labute approximate surface area is 106 Å². The number of carbonyl (C=O) groups is 1. The quantitative estimate of drug-likeness (QED) is 0.883. The number of anilines is 1. The topological polar surface area (TPSA) is 68.0 Å². The fourth-order valence-corrected chi connectivity index (χ4v) is 1.29. The Balaban J connectivity index is 2.14. The van der Waals surface area contributed by atoms with E-state index >= 15 is 0 Å². The summed E-state index contributed by atoms with van der Waals surface area (Å²) < 4.78 is 5.32. The molecular formula is C11H10BrN3O2. The fraction of sp³-hybridized carbons (Fsp3) is 0.182. The largest absolute Gasteiger partial charge is 0.403 e. The zero-order valence-electron chi connectivity index (χ0n) is 9.05. The van der Waals surface area contributed by atoms with Crippen LogP contribution in [-0.4, -0.2) is 20.9 Å². The van der Waals surface area contributed by atoms with Crippen LogP contribution in [-0.2, 0) is 4.79 Å². The van der Waals surface area contributed by atoms with Gasteiger partial charge in [0.05, 0.1) is 4.83 Å². The third-order valence-corrected chi connectivity index (χ3v) is 2.45. The standard InChI is InChI=1S/C11H10BrN3O2/c1-7(12)9(16)13-11-15-14-10(17-11)8-5-3-2-4-6-8/h2-7H,1H3,(H,13,15,16). The molecule has 0 aliphatic carbocycles. The van der Waals surface area contributed by atoms with Crippen molar-refractivity contribution >= 4 is 27.9 Å². The van der Waals surface area contributed by atoms with Gasteiger partial charge < -0.3 is 4.42 Å². The molecule has 6 heteroatoms. The van der Waals surface area contributed by atoms with Gasteiger partial charge in [-0.25, -0.2) is 0 Å². The van der Waals surface area contributed by atoms with Crippen LogP contribution in [0.25, 0.3) is 11.5 Å². The number of amides is 1. The lowest BCUT2D eigenvalue weighted by Gasteiger charge is -2.00. The highest BCUT2D eigenvalue weighted by molar-refractivity contribution is 9.10. The van der Waals surface area contributed by atoms with E-state index in [9.17, 15) is 4.79 Å². The molecule has 0 saturated heterocycles. The lowest BCUT2D eigenvalue weighted by Crippen LogP contribution is -2.19. The molecule has 0 saturated carbocycles. The van der Waals surface area contributed by atoms with Crippen LogP contribution in [0.4, 0.5) is 6.01 Å². The number of nitrogens with zero attached hydrogens (tertiary/aromatic N) is 2. The van der Waals surface area contributed by atoms with Gasteiger partial charge in [-0.15, -0.1) is 5.10 Å². The van der Waals surface area contributed by atoms with E-state index in [2.05, 4.69) is 31.4 Å². The Kier molecular flexibility index (Phi) is 3.53. The van der Waals surface area contributed by atoms with Crippen molar-refractivity contribution < 1.29 is 9.21 Å². The van der Waals surface area contributed by atoms with Crippen LogP contribution >= 0.6 is 15.9 Å². The first kappa shape index (κ1) is 11.8. The van der Waals surface area contributed by atoms with Crippen LogP contribution in [0, 0.1) is 0 Å². The third-order valence-electron chi connectivity index (χ3n) is 2.04. The van der Waals surface area contributed by atoms with Crippen LogP contribution in [0.3, 0.4) is 0 Å². The van der Waals surface area contributed by atoms with E-state index in [0.717, 1.165) is 5.56 Å². The van der Waals surface area contributed by atoms with Crippen molar-refractivity contribution in [3.63, 3.8) is 0 Å². The molecule has 88 valence electrons. The summed E-state index contributed by atoms with van der Waals surface area (Å²) >= 11 is 3.15. The van der Waals surface area contributed by atoms with Gasteiger partial charge in [-0.1, -0.05) is 39.2 Å². The average Bonchev–Trinajstić information content (AvgIpc) is 2.78. The highest BCUT2D eigenvalue weighted by Gasteiger charge is 2.13. The molecule has 1 N–H and O–H groups in total. The first-order valence-electron chi connectivity index (χ1n) is 5.00. The monoisotopic (exact) mass is 295 g/mol. The number of rotatable bonds is 3. The Morgan fingerprint density at radius 2 is 2.06 bits per heavy atom. The van der Waals surface area contributed by atoms with E-state index in [-0.39, 0.29) is 16.7 Å². The van der Waals surface area contributed by atoms with Gasteiger partial charge in [0.2, 0.25) is 11.8 Å². The van der Waals surface area contributed by atoms with Crippen LogP contribution in [0.2, 0.25) is 0 Å². The molecule has 2 rings (SSSR count). The van der Waals surface area contributed by atoms with Gasteiger partial charge in [-0.2, -0.15) is 0 Å². The Hall–Kier alpha value is -1.69. The minimum absolute atomic E-state index is 0.0974. The number of aromatic nitrogens is 2. The molecule has 0 aliphatic rings. The number of carbonyl (C=O) groups excluding carboxylic acids is 1. The van der Waals surface area contributed by atoms with E-state index < -0.39 is 0 Å². The van der Waals surface area contributed by atoms with Crippen LogP contribution < -0.4 is 5.32 Å². The van der Waals surface area contributed by atoms with E-state index in [0.29, 0.717) is 5.89 Å². The van der Waals surface area contributed by atoms with Gasteiger partial charge in [-0.05, 0) is 19.1 Å². The molecule has 2 aromatic rings. The lowest BCUT2D eigenvalue weighted by molar-refractivity contribution is -0.115. The second-order valence-electron chi connectivity index (χ2n) is 3.38. The number of nitrogens with one attached hydrogen (secondary N) is 1. The molecule has 0 spiro atoms. The SMILES string of the molecule is CC(Br)C(=O)Nc1nnc(-c2ccccc2)o1. The van der Waals surface area contributed by atoms with Crippen LogP contribution in [0.5, 0.6) is 0 Å². The van der Waals surface area contributed by atoms with Crippen LogP contribution in [0.15, 0.2) is 34.7 Å². The van der Waals surface area contributed by atoms with E-state index in [4.69, 9.17) is 4.42 Å². The highest BCUT2D eigenvalue weighted by atomic mass is 79.9. The Morgan fingerprint density at radius 1 is 1.35 bits per heavy atom. The summed E-state index contributed by atoms with van der Waals surface area (Å²) in [5.74, 6) is 0.149. The van der Waals surface area contributed by atoms with E-state index in [1.54, 1.807) is 6.92 Å². The summed E-state index contributed by atoms with van der Waals surface area (Å²) in [6.45, 7) is 1.71. The van der Waals surface area contributed by atoms with Gasteiger partial charge in [0, 0.05) is 5.56 Å². The van der Waals surface area contributed by atoms with Crippen molar-refractivity contribution in [2.45, 2.75) is 11.8 Å². The molecule has 1 unspecified atom stereocenters. The van der Waals surface area contributed by atoms with Crippen molar-refractivity contribution in [1.82, 2.24) is 10.2 Å². The summed E-state index contributed by atoms with van der Waals surface area (Å²) in [6, 6.07) is 9.45. The summed E-state index contributed by atoms with van der Waals surface area (Å²) in [5.41, 5.74) is 0.812. The summed E-state index contributed by atoms with van der Waals surface area (Å²) in [5, 5.41) is 10.1. The number of halogens is 1. The van der Waals surface area contributed by atoms with Gasteiger partial charge in [-0.3, -0.25) is 10.1 Å². The van der Waals surface area contributed by atoms with Crippen molar-refractivity contribution in [2.75, 3.05) is 5.32 Å². The molecule has 0 bridgehead atoms. The predicted molar refractivity (Wildman–Crippen MR) is 66.8 cm³/mol. The van der Waals surface area contributed by atoms with Gasteiger partial charge in [0.15, 0.2) is 0 Å². The number of benzene rings is 1. The van der Waals surface area contributed by atoms with Gasteiger partial charge in [0.1, 0.15) is 0 Å². The van der Waals surface area contributed by atoms with Gasteiger partial charge in [0.25, 0.3) is 0 Å². The molecule has 0 radical (unpaired) electrons. The summed E-state index contributed by atoms with van der Waals surface area (Å²) in [6.07, 6.45) is 0. The molecule has 1 amide bonds. The molecule has 1 aromatic carbocycles. The molecule has 0 fully saturated rings. The molecule has 17 heavy (non-hydrogen) atoms. The minimum Gasteiger partial charge on any atom is -0.403 e. The fourth-order valence-electron chi connectivity index (χ4n) is 1.18. The van der Waals surface area contributed by atoms with E-state index in [1.165, 1.54) is 0 Å². The molecular weight excluding hydrogens is 286 g/mol. The average molecular weight is 296 g/mol. The first-order valence-corrected chi connectivity index (χ1v) is 5.92. The van der Waals surface area contributed by atoms with Crippen molar-refractivity contribution in [3.05, 3.63) is 30.3 Å². The highest BCUT2D eigenvalue weighted by Crippen LogP contribution is 2.19. The first-order chi connectivity index (χ1) is 8.16.